The number of rotatable bonds is 6. The van der Waals surface area contributed by atoms with Crippen molar-refractivity contribution >= 4 is 27.4 Å². The summed E-state index contributed by atoms with van der Waals surface area (Å²) in [6, 6.07) is 2.08. The number of anilines is 1. The van der Waals surface area contributed by atoms with Crippen molar-refractivity contribution in [3.63, 3.8) is 0 Å². The van der Waals surface area contributed by atoms with E-state index in [-0.39, 0.29) is 18.9 Å². The molecule has 5 heterocycles. The number of aromatic nitrogens is 7. The minimum atomic E-state index is -4.53. The van der Waals surface area contributed by atoms with E-state index in [2.05, 4.69) is 28.2 Å². The zero-order valence-electron chi connectivity index (χ0n) is 17.9. The number of aryl methyl sites for hydroxylation is 1. The Hall–Kier alpha value is -3.06. The molecule has 4 aromatic heterocycles. The van der Waals surface area contributed by atoms with Gasteiger partial charge in [0.2, 0.25) is 11.8 Å². The second kappa shape index (κ2) is 8.37. The normalized spacial score (nSPS) is 14.3. The monoisotopic (exact) mass is 477 g/mol. The van der Waals surface area contributed by atoms with Gasteiger partial charge in [0, 0.05) is 30.6 Å². The second-order valence-corrected chi connectivity index (χ2v) is 8.97. The molecule has 0 amide bonds. The molecule has 5 rings (SSSR count). The smallest absolute Gasteiger partial charge is 0.347 e. The Labute approximate surface area is 191 Å². The van der Waals surface area contributed by atoms with Crippen LogP contribution in [0.3, 0.4) is 0 Å². The fraction of sp³-hybridized carbons (Fsp3) is 0.450. The molecule has 1 aliphatic rings. The lowest BCUT2D eigenvalue weighted by atomic mass is 10.2. The molecule has 0 radical (unpaired) electrons. The molecule has 0 saturated carbocycles. The molecule has 4 aromatic rings. The van der Waals surface area contributed by atoms with Crippen molar-refractivity contribution < 1.29 is 13.2 Å². The highest BCUT2D eigenvalue weighted by Gasteiger charge is 2.39. The van der Waals surface area contributed by atoms with Crippen molar-refractivity contribution in [1.29, 1.82) is 0 Å². The molecular weight excluding hydrogens is 455 g/mol. The summed E-state index contributed by atoms with van der Waals surface area (Å²) < 4.78 is 42.6. The lowest BCUT2D eigenvalue weighted by molar-refractivity contribution is -0.147. The van der Waals surface area contributed by atoms with Crippen LogP contribution in [0.4, 0.5) is 19.0 Å². The Morgan fingerprint density at radius 1 is 1.15 bits per heavy atom. The number of nitrogens with zero attached hydrogens (tertiary/aromatic N) is 8. The largest absolute Gasteiger partial charge is 0.451 e. The lowest BCUT2D eigenvalue weighted by Crippen LogP contribution is -2.36. The summed E-state index contributed by atoms with van der Waals surface area (Å²) in [5, 5.41) is 8.07. The predicted molar refractivity (Wildman–Crippen MR) is 117 cm³/mol. The number of hydrogen-bond acceptors (Lipinski definition) is 8. The van der Waals surface area contributed by atoms with Gasteiger partial charge in [-0.15, -0.1) is 21.5 Å². The number of hydrogen-bond donors (Lipinski definition) is 1. The molecule has 33 heavy (non-hydrogen) atoms. The summed E-state index contributed by atoms with van der Waals surface area (Å²) >= 11 is 1.61. The molecule has 9 nitrogen and oxygen atoms in total. The molecular formula is C20H22F3N9S. The molecule has 1 aliphatic heterocycles. The highest BCUT2D eigenvalue weighted by atomic mass is 32.1. The Kier molecular flexibility index (Phi) is 5.52. The van der Waals surface area contributed by atoms with E-state index in [0.29, 0.717) is 31.3 Å². The van der Waals surface area contributed by atoms with E-state index in [4.69, 9.17) is 15.7 Å². The minimum Gasteiger partial charge on any atom is -0.347 e. The van der Waals surface area contributed by atoms with Gasteiger partial charge in [-0.2, -0.15) is 18.2 Å². The minimum absolute atomic E-state index is 0.121. The number of nitrogens with two attached hydrogens (primary N) is 1. The molecule has 0 aliphatic carbocycles. The Balaban J connectivity index is 1.56. The van der Waals surface area contributed by atoms with Crippen LogP contribution in [0.25, 0.3) is 16.2 Å². The van der Waals surface area contributed by atoms with Gasteiger partial charge in [-0.1, -0.05) is 13.3 Å². The van der Waals surface area contributed by atoms with E-state index < -0.39 is 12.0 Å². The Morgan fingerprint density at radius 3 is 2.76 bits per heavy atom. The van der Waals surface area contributed by atoms with E-state index in [1.54, 1.807) is 22.2 Å². The van der Waals surface area contributed by atoms with Crippen LogP contribution in [-0.2, 0) is 32.1 Å². The highest BCUT2D eigenvalue weighted by Crippen LogP contribution is 2.35. The van der Waals surface area contributed by atoms with Crippen LogP contribution in [0.15, 0.2) is 18.6 Å². The molecule has 0 aromatic carbocycles. The summed E-state index contributed by atoms with van der Waals surface area (Å²) in [7, 11) is 0. The zero-order valence-corrected chi connectivity index (χ0v) is 18.7. The maximum absolute atomic E-state index is 13.2. The molecule has 13 heteroatoms. The SMILES string of the molecule is CCCc1cc2c(N3CCn4c(nnc4C(F)(F)F)C3)nc(-n3cnc(CCN)c3)nc2s1. The van der Waals surface area contributed by atoms with Gasteiger partial charge in [0.1, 0.15) is 17.0 Å². The van der Waals surface area contributed by atoms with E-state index >= 15 is 0 Å². The average molecular weight is 478 g/mol. The molecule has 0 atom stereocenters. The van der Waals surface area contributed by atoms with Crippen LogP contribution >= 0.6 is 11.3 Å². The van der Waals surface area contributed by atoms with E-state index in [1.807, 2.05) is 11.1 Å². The standard InChI is InChI=1S/C20H22F3N9S/c1-2-3-13-8-14-16(30-6-7-32-15(10-30)28-29-18(32)20(21,22)23)26-19(27-17(14)33-13)31-9-12(4-5-24)25-11-31/h8-9,11H,2-7,10,24H2,1H3. The maximum Gasteiger partial charge on any atom is 0.451 e. The third-order valence-corrected chi connectivity index (χ3v) is 6.57. The Morgan fingerprint density at radius 2 is 2.00 bits per heavy atom. The van der Waals surface area contributed by atoms with Crippen molar-refractivity contribution in [3.05, 3.63) is 40.8 Å². The topological polar surface area (TPSA) is 104 Å². The number of thiophene rings is 1. The molecule has 0 unspecified atom stereocenters. The molecule has 0 saturated heterocycles. The fourth-order valence-corrected chi connectivity index (χ4v) is 5.09. The molecule has 0 bridgehead atoms. The van der Waals surface area contributed by atoms with Crippen molar-refractivity contribution in [2.24, 2.45) is 5.73 Å². The third-order valence-electron chi connectivity index (χ3n) is 5.48. The first-order valence-electron chi connectivity index (χ1n) is 10.7. The lowest BCUT2D eigenvalue weighted by Gasteiger charge is -2.29. The van der Waals surface area contributed by atoms with Gasteiger partial charge < -0.3 is 15.2 Å². The second-order valence-electron chi connectivity index (χ2n) is 7.85. The molecule has 174 valence electrons. The van der Waals surface area contributed by atoms with Crippen LogP contribution in [0.1, 0.15) is 35.6 Å². The van der Waals surface area contributed by atoms with Crippen molar-refractivity contribution in [2.45, 2.75) is 45.5 Å². The summed E-state index contributed by atoms with van der Waals surface area (Å²) in [6.07, 6.45) is 1.53. The first-order chi connectivity index (χ1) is 15.9. The quantitative estimate of drug-likeness (QED) is 0.455. The average Bonchev–Trinajstić information content (AvgIpc) is 3.50. The van der Waals surface area contributed by atoms with Gasteiger partial charge >= 0.3 is 6.18 Å². The van der Waals surface area contributed by atoms with Crippen LogP contribution in [-0.4, -0.2) is 47.4 Å². The molecule has 0 fully saturated rings. The third kappa shape index (κ3) is 4.06. The Bertz CT molecular complexity index is 1290. The van der Waals surface area contributed by atoms with Crippen LogP contribution in [0.2, 0.25) is 0 Å². The van der Waals surface area contributed by atoms with E-state index in [1.165, 1.54) is 4.88 Å². The van der Waals surface area contributed by atoms with Gasteiger partial charge in [0.05, 0.1) is 17.6 Å². The van der Waals surface area contributed by atoms with Gasteiger partial charge in [-0.3, -0.25) is 4.57 Å². The maximum atomic E-state index is 13.2. The van der Waals surface area contributed by atoms with Gasteiger partial charge in [0.25, 0.3) is 0 Å². The summed E-state index contributed by atoms with van der Waals surface area (Å²) in [6.45, 7) is 3.25. The summed E-state index contributed by atoms with van der Waals surface area (Å²) in [5.74, 6) is 0.433. The summed E-state index contributed by atoms with van der Waals surface area (Å²) in [4.78, 5) is 17.9. The fourth-order valence-electron chi connectivity index (χ4n) is 3.97. The van der Waals surface area contributed by atoms with Crippen LogP contribution in [0.5, 0.6) is 0 Å². The zero-order chi connectivity index (χ0) is 23.2. The van der Waals surface area contributed by atoms with Crippen molar-refractivity contribution in [2.75, 3.05) is 18.0 Å². The number of imidazole rings is 1. The first-order valence-corrected chi connectivity index (χ1v) is 11.5. The van der Waals surface area contributed by atoms with Gasteiger partial charge in [0.15, 0.2) is 5.82 Å². The molecule has 2 N–H and O–H groups in total. The van der Waals surface area contributed by atoms with Gasteiger partial charge in [-0.25, -0.2) is 9.97 Å². The van der Waals surface area contributed by atoms with E-state index in [9.17, 15) is 13.2 Å². The summed E-state index contributed by atoms with van der Waals surface area (Å²) in [5.41, 5.74) is 6.47. The van der Waals surface area contributed by atoms with Crippen LogP contribution in [0, 0.1) is 0 Å². The predicted octanol–water partition coefficient (Wildman–Crippen LogP) is 2.96. The van der Waals surface area contributed by atoms with Gasteiger partial charge in [-0.05, 0) is 19.0 Å². The van der Waals surface area contributed by atoms with E-state index in [0.717, 1.165) is 33.3 Å². The van der Waals surface area contributed by atoms with Crippen molar-refractivity contribution in [3.8, 4) is 5.95 Å². The first kappa shape index (κ1) is 21.8. The van der Waals surface area contributed by atoms with Crippen LogP contribution < -0.4 is 10.6 Å². The highest BCUT2D eigenvalue weighted by molar-refractivity contribution is 7.18. The number of halogens is 3. The number of fused-ring (bicyclic) bond motifs is 2. The molecule has 0 spiro atoms. The number of alkyl halides is 3. The van der Waals surface area contributed by atoms with Crippen molar-refractivity contribution in [1.82, 2.24) is 34.3 Å².